The lowest BCUT2D eigenvalue weighted by Crippen LogP contribution is -2.19. The van der Waals surface area contributed by atoms with Crippen molar-refractivity contribution in [2.45, 2.75) is 19.4 Å². The molecule has 7 heteroatoms. The van der Waals surface area contributed by atoms with Crippen molar-refractivity contribution < 1.29 is 13.2 Å². The number of carbonyl (C=O) groups excluding carboxylic acids is 1. The topological polar surface area (TPSA) is 81.1 Å². The first-order valence-corrected chi connectivity index (χ1v) is 10.3. The molecule has 0 aliphatic carbocycles. The summed E-state index contributed by atoms with van der Waals surface area (Å²) >= 11 is 0. The average molecular weight is 369 g/mol. The van der Waals surface area contributed by atoms with Crippen LogP contribution in [0.5, 0.6) is 0 Å². The highest BCUT2D eigenvalue weighted by Gasteiger charge is 2.31. The van der Waals surface area contributed by atoms with E-state index in [1.807, 2.05) is 43.3 Å². The molecule has 3 aromatic rings. The van der Waals surface area contributed by atoms with Crippen molar-refractivity contribution in [2.24, 2.45) is 0 Å². The molecule has 1 amide bonds. The van der Waals surface area contributed by atoms with Gasteiger partial charge in [-0.2, -0.15) is 5.10 Å². The molecule has 4 rings (SSSR count). The van der Waals surface area contributed by atoms with E-state index in [-0.39, 0.29) is 23.5 Å². The molecule has 1 aromatic heterocycles. The maximum atomic E-state index is 12.7. The van der Waals surface area contributed by atoms with Crippen molar-refractivity contribution >= 4 is 32.3 Å². The summed E-state index contributed by atoms with van der Waals surface area (Å²) in [5.41, 5.74) is 1.29. The lowest BCUT2D eigenvalue weighted by Gasteiger charge is -2.14. The van der Waals surface area contributed by atoms with Crippen LogP contribution in [-0.4, -0.2) is 35.6 Å². The van der Waals surface area contributed by atoms with E-state index in [1.165, 1.54) is 0 Å². The van der Waals surface area contributed by atoms with E-state index in [9.17, 15) is 13.2 Å². The minimum atomic E-state index is -3.03. The molecule has 0 spiro atoms. The van der Waals surface area contributed by atoms with Gasteiger partial charge in [0.25, 0.3) is 5.91 Å². The number of hydrogen-bond donors (Lipinski definition) is 1. The van der Waals surface area contributed by atoms with Gasteiger partial charge in [0, 0.05) is 11.6 Å². The lowest BCUT2D eigenvalue weighted by molar-refractivity contribution is 0.102. The van der Waals surface area contributed by atoms with Crippen LogP contribution < -0.4 is 5.32 Å². The van der Waals surface area contributed by atoms with E-state index >= 15 is 0 Å². The van der Waals surface area contributed by atoms with Crippen molar-refractivity contribution in [3.05, 3.63) is 59.8 Å². The van der Waals surface area contributed by atoms with E-state index in [2.05, 4.69) is 10.4 Å². The fraction of sp³-hybridized carbons (Fsp3) is 0.263. The van der Waals surface area contributed by atoms with Crippen molar-refractivity contribution in [1.82, 2.24) is 9.78 Å². The highest BCUT2D eigenvalue weighted by molar-refractivity contribution is 7.91. The lowest BCUT2D eigenvalue weighted by atomic mass is 10.1. The van der Waals surface area contributed by atoms with Crippen LogP contribution in [0.2, 0.25) is 0 Å². The van der Waals surface area contributed by atoms with Gasteiger partial charge in [-0.3, -0.25) is 4.79 Å². The van der Waals surface area contributed by atoms with E-state index in [0.717, 1.165) is 16.5 Å². The first kappa shape index (κ1) is 16.8. The Bertz CT molecular complexity index is 1100. The molecule has 1 N–H and O–H groups in total. The zero-order chi connectivity index (χ0) is 18.3. The van der Waals surface area contributed by atoms with Gasteiger partial charge in [-0.15, -0.1) is 0 Å². The molecule has 1 saturated heterocycles. The number of nitrogens with zero attached hydrogens (tertiary/aromatic N) is 2. The van der Waals surface area contributed by atoms with Crippen molar-refractivity contribution in [2.75, 3.05) is 16.8 Å². The molecular formula is C19H19N3O3S. The summed E-state index contributed by atoms with van der Waals surface area (Å²) in [6, 6.07) is 14.9. The third-order valence-corrected chi connectivity index (χ3v) is 6.42. The molecule has 2 aromatic carbocycles. The fourth-order valence-electron chi connectivity index (χ4n) is 3.38. The van der Waals surface area contributed by atoms with Gasteiger partial charge in [-0.25, -0.2) is 13.1 Å². The number of aromatic nitrogens is 2. The average Bonchev–Trinajstić information content (AvgIpc) is 3.16. The summed E-state index contributed by atoms with van der Waals surface area (Å²) in [5, 5.41) is 9.34. The maximum absolute atomic E-state index is 12.7. The zero-order valence-corrected chi connectivity index (χ0v) is 15.2. The first-order valence-electron chi connectivity index (χ1n) is 8.48. The fourth-order valence-corrected chi connectivity index (χ4v) is 5.07. The van der Waals surface area contributed by atoms with Gasteiger partial charge in [0.05, 0.1) is 23.2 Å². The monoisotopic (exact) mass is 369 g/mol. The SMILES string of the molecule is Cc1cc(NC(=O)c2ccc3ccccc3c2)n(C2CCS(=O)(=O)C2)n1. The summed E-state index contributed by atoms with van der Waals surface area (Å²) in [5.74, 6) is 0.516. The van der Waals surface area contributed by atoms with E-state index in [1.54, 1.807) is 16.8 Å². The number of amides is 1. The second-order valence-electron chi connectivity index (χ2n) is 6.69. The molecule has 0 saturated carbocycles. The van der Waals surface area contributed by atoms with Crippen LogP contribution in [0.15, 0.2) is 48.5 Å². The number of fused-ring (bicyclic) bond motifs is 1. The smallest absolute Gasteiger partial charge is 0.256 e. The van der Waals surface area contributed by atoms with Crippen LogP contribution in [0, 0.1) is 6.92 Å². The van der Waals surface area contributed by atoms with Crippen LogP contribution in [0.1, 0.15) is 28.5 Å². The van der Waals surface area contributed by atoms with E-state index in [4.69, 9.17) is 0 Å². The summed E-state index contributed by atoms with van der Waals surface area (Å²) < 4.78 is 25.2. The van der Waals surface area contributed by atoms with Gasteiger partial charge in [-0.1, -0.05) is 30.3 Å². The number of carbonyl (C=O) groups is 1. The quantitative estimate of drug-likeness (QED) is 0.770. The predicted octanol–water partition coefficient (Wildman–Crippen LogP) is 2.96. The predicted molar refractivity (Wildman–Crippen MR) is 101 cm³/mol. The minimum Gasteiger partial charge on any atom is -0.307 e. The molecular weight excluding hydrogens is 350 g/mol. The Morgan fingerprint density at radius 1 is 1.15 bits per heavy atom. The third-order valence-electron chi connectivity index (χ3n) is 4.67. The number of anilines is 1. The van der Waals surface area contributed by atoms with Crippen molar-refractivity contribution in [1.29, 1.82) is 0 Å². The van der Waals surface area contributed by atoms with Crippen molar-refractivity contribution in [3.63, 3.8) is 0 Å². The van der Waals surface area contributed by atoms with Crippen LogP contribution >= 0.6 is 0 Å². The second kappa shape index (κ2) is 6.25. The van der Waals surface area contributed by atoms with Crippen LogP contribution in [-0.2, 0) is 9.84 Å². The molecule has 1 unspecified atom stereocenters. The Kier molecular flexibility index (Phi) is 4.03. The van der Waals surface area contributed by atoms with Gasteiger partial charge in [0.1, 0.15) is 5.82 Å². The van der Waals surface area contributed by atoms with Gasteiger partial charge >= 0.3 is 0 Å². The minimum absolute atomic E-state index is 0.0625. The molecule has 2 heterocycles. The van der Waals surface area contributed by atoms with Gasteiger partial charge in [0.2, 0.25) is 0 Å². The molecule has 0 radical (unpaired) electrons. The number of hydrogen-bond acceptors (Lipinski definition) is 4. The Labute approximate surface area is 151 Å². The Morgan fingerprint density at radius 2 is 1.92 bits per heavy atom. The molecule has 1 aliphatic rings. The third kappa shape index (κ3) is 3.22. The van der Waals surface area contributed by atoms with Crippen LogP contribution in [0.4, 0.5) is 5.82 Å². The van der Waals surface area contributed by atoms with Gasteiger partial charge in [-0.05, 0) is 36.2 Å². The zero-order valence-electron chi connectivity index (χ0n) is 14.3. The van der Waals surface area contributed by atoms with Crippen molar-refractivity contribution in [3.8, 4) is 0 Å². The summed E-state index contributed by atoms with van der Waals surface area (Å²) in [6.07, 6.45) is 0.516. The van der Waals surface area contributed by atoms with Gasteiger partial charge < -0.3 is 5.32 Å². The van der Waals surface area contributed by atoms with Crippen LogP contribution in [0.25, 0.3) is 10.8 Å². The summed E-state index contributed by atoms with van der Waals surface area (Å²) in [4.78, 5) is 12.7. The number of rotatable bonds is 3. The number of benzene rings is 2. The second-order valence-corrected chi connectivity index (χ2v) is 8.92. The number of nitrogens with one attached hydrogen (secondary N) is 1. The highest BCUT2D eigenvalue weighted by atomic mass is 32.2. The largest absolute Gasteiger partial charge is 0.307 e. The Balaban J connectivity index is 1.61. The Morgan fingerprint density at radius 3 is 2.65 bits per heavy atom. The Hall–Kier alpha value is -2.67. The first-order chi connectivity index (χ1) is 12.4. The summed E-state index contributed by atoms with van der Waals surface area (Å²) in [7, 11) is -3.03. The molecule has 1 atom stereocenters. The summed E-state index contributed by atoms with van der Waals surface area (Å²) in [6.45, 7) is 1.83. The maximum Gasteiger partial charge on any atom is 0.256 e. The van der Waals surface area contributed by atoms with Crippen LogP contribution in [0.3, 0.4) is 0 Å². The van der Waals surface area contributed by atoms with Gasteiger partial charge in [0.15, 0.2) is 9.84 Å². The highest BCUT2D eigenvalue weighted by Crippen LogP contribution is 2.27. The normalized spacial score (nSPS) is 18.9. The number of aryl methyl sites for hydroxylation is 1. The number of sulfone groups is 1. The molecule has 0 bridgehead atoms. The molecule has 134 valence electrons. The molecule has 6 nitrogen and oxygen atoms in total. The molecule has 1 fully saturated rings. The standard InChI is InChI=1S/C19H19N3O3S/c1-13-10-18(22(21-13)17-8-9-26(24,25)12-17)20-19(23)16-7-6-14-4-2-3-5-15(14)11-16/h2-7,10-11,17H,8-9,12H2,1H3,(H,20,23). The van der Waals surface area contributed by atoms with E-state index in [0.29, 0.717) is 17.8 Å². The molecule has 1 aliphatic heterocycles. The molecule has 26 heavy (non-hydrogen) atoms. The van der Waals surface area contributed by atoms with E-state index < -0.39 is 9.84 Å².